The van der Waals surface area contributed by atoms with Crippen molar-refractivity contribution in [3.8, 4) is 22.3 Å². The fourth-order valence-corrected chi connectivity index (χ4v) is 8.19. The summed E-state index contributed by atoms with van der Waals surface area (Å²) in [5, 5.41) is 2.39. The molecule has 0 aromatic heterocycles. The van der Waals surface area contributed by atoms with Gasteiger partial charge in [0.2, 0.25) is 0 Å². The highest BCUT2D eigenvalue weighted by Crippen LogP contribution is 2.40. The molecule has 0 radical (unpaired) electrons. The van der Waals surface area contributed by atoms with Gasteiger partial charge in [-0.25, -0.2) is 0 Å². The van der Waals surface area contributed by atoms with Crippen molar-refractivity contribution in [3.05, 3.63) is 261 Å². The van der Waals surface area contributed by atoms with Crippen LogP contribution in [0.3, 0.4) is 0 Å². The zero-order valence-electron chi connectivity index (χ0n) is 33.7. The first-order valence-electron chi connectivity index (χ1n) is 20.8. The summed E-state index contributed by atoms with van der Waals surface area (Å²) in [6, 6.07) is 92.9. The smallest absolute Gasteiger partial charge is 0.0468 e. The molecular weight excluding hydrogens is 739 g/mol. The minimum atomic E-state index is 1.10. The Morgan fingerprint density at radius 1 is 0.164 bits per heavy atom. The van der Waals surface area contributed by atoms with Gasteiger partial charge in [-0.15, -0.1) is 0 Å². The molecule has 0 unspecified atom stereocenters. The van der Waals surface area contributed by atoms with Gasteiger partial charge in [-0.05, 0) is 148 Å². The van der Waals surface area contributed by atoms with Crippen molar-refractivity contribution in [3.63, 3.8) is 0 Å². The maximum absolute atomic E-state index is 2.34. The topological polar surface area (TPSA) is 9.72 Å². The summed E-state index contributed by atoms with van der Waals surface area (Å²) in [5.41, 5.74) is 14.8. The highest BCUT2D eigenvalue weighted by atomic mass is 15.2. The van der Waals surface area contributed by atoms with Crippen molar-refractivity contribution < 1.29 is 0 Å². The first-order chi connectivity index (χ1) is 30.2. The van der Waals surface area contributed by atoms with Crippen LogP contribution in [0, 0.1) is 0 Å². The van der Waals surface area contributed by atoms with Crippen LogP contribution in [-0.4, -0.2) is 0 Å². The maximum Gasteiger partial charge on any atom is 0.0468 e. The fraction of sp³-hybridized carbons (Fsp3) is 0. The van der Waals surface area contributed by atoms with E-state index in [1.807, 2.05) is 0 Å². The molecule has 0 spiro atoms. The standard InChI is InChI=1S/C58H43N3/c1-6-16-50(17-7-1)59(51-18-8-2-9-19-51)55-35-28-44(29-36-55)45-30-37-57(38-31-45)61(54-24-14-5-15-25-54)58-41-34-48-42-47(26-27-49(48)43-58)46-32-39-56(40-33-46)60(52-20-10-3-11-21-52)53-22-12-4-13-23-53/h1-43H. The molecule has 0 heterocycles. The molecule has 3 nitrogen and oxygen atoms in total. The summed E-state index contributed by atoms with van der Waals surface area (Å²) in [5.74, 6) is 0. The molecule has 0 aliphatic rings. The van der Waals surface area contributed by atoms with Crippen molar-refractivity contribution in [1.82, 2.24) is 0 Å². The minimum absolute atomic E-state index is 1.10. The molecule has 61 heavy (non-hydrogen) atoms. The van der Waals surface area contributed by atoms with Gasteiger partial charge in [0.05, 0.1) is 0 Å². The van der Waals surface area contributed by atoms with Crippen LogP contribution in [0.15, 0.2) is 261 Å². The SMILES string of the molecule is c1ccc(N(c2ccccc2)c2ccc(-c3ccc(N(c4ccccc4)c4ccc5cc(-c6ccc(N(c7ccccc7)c7ccccc7)cc6)ccc5c4)cc3)cc2)cc1. The molecule has 0 amide bonds. The molecule has 0 bridgehead atoms. The summed E-state index contributed by atoms with van der Waals surface area (Å²) in [4.78, 5) is 6.92. The lowest BCUT2D eigenvalue weighted by Crippen LogP contribution is -2.10. The van der Waals surface area contributed by atoms with Crippen LogP contribution in [0.5, 0.6) is 0 Å². The number of para-hydroxylation sites is 5. The van der Waals surface area contributed by atoms with E-state index >= 15 is 0 Å². The molecule has 0 saturated carbocycles. The van der Waals surface area contributed by atoms with E-state index in [1.54, 1.807) is 0 Å². The Labute approximate surface area is 358 Å². The first kappa shape index (κ1) is 37.2. The molecule has 10 rings (SSSR count). The second-order valence-electron chi connectivity index (χ2n) is 15.1. The Bertz CT molecular complexity index is 2890. The van der Waals surface area contributed by atoms with Gasteiger partial charge in [0.25, 0.3) is 0 Å². The van der Waals surface area contributed by atoms with E-state index in [1.165, 1.54) is 33.0 Å². The van der Waals surface area contributed by atoms with Crippen LogP contribution in [0.25, 0.3) is 33.0 Å². The third kappa shape index (κ3) is 7.89. The monoisotopic (exact) mass is 781 g/mol. The molecular formula is C58H43N3. The molecule has 10 aromatic carbocycles. The summed E-state index contributed by atoms with van der Waals surface area (Å²) in [7, 11) is 0. The van der Waals surface area contributed by atoms with Crippen molar-refractivity contribution in [2.24, 2.45) is 0 Å². The normalized spacial score (nSPS) is 11.0. The third-order valence-corrected chi connectivity index (χ3v) is 11.2. The van der Waals surface area contributed by atoms with E-state index in [0.717, 1.165) is 51.2 Å². The van der Waals surface area contributed by atoms with E-state index in [0.29, 0.717) is 0 Å². The second kappa shape index (κ2) is 17.0. The van der Waals surface area contributed by atoms with Gasteiger partial charge in [-0.3, -0.25) is 0 Å². The summed E-state index contributed by atoms with van der Waals surface area (Å²) < 4.78 is 0. The van der Waals surface area contributed by atoms with Gasteiger partial charge in [0.15, 0.2) is 0 Å². The predicted molar refractivity (Wildman–Crippen MR) is 259 cm³/mol. The van der Waals surface area contributed by atoms with Gasteiger partial charge >= 0.3 is 0 Å². The lowest BCUT2D eigenvalue weighted by atomic mass is 10.00. The number of hydrogen-bond acceptors (Lipinski definition) is 3. The quantitative estimate of drug-likeness (QED) is 0.129. The number of rotatable bonds is 11. The lowest BCUT2D eigenvalue weighted by molar-refractivity contribution is 1.28. The van der Waals surface area contributed by atoms with Crippen molar-refractivity contribution in [1.29, 1.82) is 0 Å². The number of fused-ring (bicyclic) bond motifs is 1. The van der Waals surface area contributed by atoms with Gasteiger partial charge in [-0.1, -0.05) is 146 Å². The van der Waals surface area contributed by atoms with Crippen molar-refractivity contribution in [2.75, 3.05) is 14.7 Å². The average molecular weight is 782 g/mol. The Balaban J connectivity index is 0.918. The summed E-state index contributed by atoms with van der Waals surface area (Å²) in [6.45, 7) is 0. The zero-order chi connectivity index (χ0) is 40.8. The van der Waals surface area contributed by atoms with Crippen LogP contribution < -0.4 is 14.7 Å². The van der Waals surface area contributed by atoms with Crippen LogP contribution >= 0.6 is 0 Å². The van der Waals surface area contributed by atoms with E-state index < -0.39 is 0 Å². The third-order valence-electron chi connectivity index (χ3n) is 11.2. The highest BCUT2D eigenvalue weighted by molar-refractivity contribution is 5.92. The highest BCUT2D eigenvalue weighted by Gasteiger charge is 2.16. The Hall–Kier alpha value is -8.14. The average Bonchev–Trinajstić information content (AvgIpc) is 3.34. The Morgan fingerprint density at radius 3 is 0.738 bits per heavy atom. The van der Waals surface area contributed by atoms with Crippen molar-refractivity contribution in [2.45, 2.75) is 0 Å². The number of hydrogen-bond donors (Lipinski definition) is 0. The molecule has 0 saturated heterocycles. The van der Waals surface area contributed by atoms with E-state index in [-0.39, 0.29) is 0 Å². The van der Waals surface area contributed by atoms with Crippen molar-refractivity contribution >= 4 is 62.0 Å². The minimum Gasteiger partial charge on any atom is -0.311 e. The van der Waals surface area contributed by atoms with E-state index in [9.17, 15) is 0 Å². The van der Waals surface area contributed by atoms with Crippen LogP contribution in [0.2, 0.25) is 0 Å². The molecule has 0 fully saturated rings. The summed E-state index contributed by atoms with van der Waals surface area (Å²) >= 11 is 0. The Kier molecular flexibility index (Phi) is 10.3. The Morgan fingerprint density at radius 2 is 0.393 bits per heavy atom. The molecule has 290 valence electrons. The fourth-order valence-electron chi connectivity index (χ4n) is 8.19. The molecule has 0 aliphatic heterocycles. The summed E-state index contributed by atoms with van der Waals surface area (Å²) in [6.07, 6.45) is 0. The largest absolute Gasteiger partial charge is 0.311 e. The second-order valence-corrected chi connectivity index (χ2v) is 15.1. The van der Waals surface area contributed by atoms with Gasteiger partial charge in [0.1, 0.15) is 0 Å². The van der Waals surface area contributed by atoms with E-state index in [4.69, 9.17) is 0 Å². The van der Waals surface area contributed by atoms with Crippen LogP contribution in [-0.2, 0) is 0 Å². The predicted octanol–water partition coefficient (Wildman–Crippen LogP) is 16.6. The molecule has 0 aliphatic carbocycles. The molecule has 3 heteroatoms. The number of anilines is 9. The molecule has 10 aromatic rings. The van der Waals surface area contributed by atoms with Gasteiger partial charge < -0.3 is 14.7 Å². The zero-order valence-corrected chi connectivity index (χ0v) is 33.7. The van der Waals surface area contributed by atoms with Gasteiger partial charge in [-0.2, -0.15) is 0 Å². The van der Waals surface area contributed by atoms with Gasteiger partial charge in [0, 0.05) is 51.2 Å². The number of benzene rings is 10. The molecule has 0 N–H and O–H groups in total. The van der Waals surface area contributed by atoms with E-state index in [2.05, 4.69) is 276 Å². The van der Waals surface area contributed by atoms with Crippen LogP contribution in [0.1, 0.15) is 0 Å². The number of nitrogens with zero attached hydrogens (tertiary/aromatic N) is 3. The lowest BCUT2D eigenvalue weighted by Gasteiger charge is -2.26. The molecule has 0 atom stereocenters. The maximum atomic E-state index is 2.34. The first-order valence-corrected chi connectivity index (χ1v) is 20.8. The van der Waals surface area contributed by atoms with Crippen LogP contribution in [0.4, 0.5) is 51.2 Å².